The molecule has 2 heterocycles. The van der Waals surface area contributed by atoms with E-state index >= 15 is 0 Å². The van der Waals surface area contributed by atoms with Crippen molar-refractivity contribution < 1.29 is 4.79 Å². The van der Waals surface area contributed by atoms with Gasteiger partial charge >= 0.3 is 0 Å². The van der Waals surface area contributed by atoms with Gasteiger partial charge in [0, 0.05) is 23.4 Å². The summed E-state index contributed by atoms with van der Waals surface area (Å²) >= 11 is 3.34. The lowest BCUT2D eigenvalue weighted by Crippen LogP contribution is -2.37. The Bertz CT molecular complexity index is 761. The van der Waals surface area contributed by atoms with Crippen LogP contribution in [0.2, 0.25) is 0 Å². The van der Waals surface area contributed by atoms with Crippen LogP contribution in [0.25, 0.3) is 0 Å². The van der Waals surface area contributed by atoms with Crippen LogP contribution in [-0.4, -0.2) is 32.0 Å². The van der Waals surface area contributed by atoms with E-state index in [1.54, 1.807) is 23.1 Å². The van der Waals surface area contributed by atoms with Crippen LogP contribution in [0, 0.1) is 0 Å². The maximum Gasteiger partial charge on any atom is 0.233 e. The van der Waals surface area contributed by atoms with E-state index in [9.17, 15) is 4.79 Å². The molecule has 1 amide bonds. The zero-order valence-electron chi connectivity index (χ0n) is 16.6. The number of rotatable bonds is 7. The quantitative estimate of drug-likeness (QED) is 0.645. The molecular weight excluding hydrogens is 388 g/mol. The highest BCUT2D eigenvalue weighted by Crippen LogP contribution is 2.34. The molecule has 0 saturated heterocycles. The molecule has 0 spiro atoms. The van der Waals surface area contributed by atoms with Gasteiger partial charge in [0.25, 0.3) is 0 Å². The summed E-state index contributed by atoms with van der Waals surface area (Å²) in [4.78, 5) is 14.0. The summed E-state index contributed by atoms with van der Waals surface area (Å²) in [5.74, 6) is 1.18. The van der Waals surface area contributed by atoms with Gasteiger partial charge in [-0.15, -0.1) is 21.5 Å². The lowest BCUT2D eigenvalue weighted by atomic mass is 9.95. The van der Waals surface area contributed by atoms with E-state index in [1.165, 1.54) is 49.8 Å². The van der Waals surface area contributed by atoms with E-state index in [4.69, 9.17) is 0 Å². The molecule has 0 unspecified atom stereocenters. The van der Waals surface area contributed by atoms with Crippen LogP contribution in [0.1, 0.15) is 81.5 Å². The van der Waals surface area contributed by atoms with Crippen LogP contribution in [0.3, 0.4) is 0 Å². The molecule has 0 aliphatic heterocycles. The molecule has 0 radical (unpaired) electrons. The van der Waals surface area contributed by atoms with Crippen molar-refractivity contribution in [1.29, 1.82) is 0 Å². The molecule has 2 aliphatic rings. The third-order valence-electron chi connectivity index (χ3n) is 5.94. The molecule has 0 aromatic carbocycles. The standard InChI is InChI=1S/C21H30N4OS2/c1-15(20(26)22-16-8-5-6-9-16)28-21-24-23-19(14-18-12-7-13-27-18)25(21)17-10-3-2-4-11-17/h7,12-13,15-17H,2-6,8-11,14H2,1H3,(H,22,26)/t15-/m0/s1. The Hall–Kier alpha value is -1.34. The lowest BCUT2D eigenvalue weighted by Gasteiger charge is -2.26. The van der Waals surface area contributed by atoms with Crippen molar-refractivity contribution in [3.63, 3.8) is 0 Å². The summed E-state index contributed by atoms with van der Waals surface area (Å²) in [7, 11) is 0. The summed E-state index contributed by atoms with van der Waals surface area (Å²) in [6, 6.07) is 5.08. The van der Waals surface area contributed by atoms with Gasteiger partial charge in [0.15, 0.2) is 5.16 Å². The highest BCUT2D eigenvalue weighted by atomic mass is 32.2. The van der Waals surface area contributed by atoms with Crippen LogP contribution in [0.5, 0.6) is 0 Å². The molecule has 0 bridgehead atoms. The van der Waals surface area contributed by atoms with Crippen molar-refractivity contribution in [3.8, 4) is 0 Å². The minimum Gasteiger partial charge on any atom is -0.352 e. The Balaban J connectivity index is 1.50. The Kier molecular flexibility index (Phi) is 6.73. The predicted octanol–water partition coefficient (Wildman–Crippen LogP) is 4.98. The number of nitrogens with one attached hydrogen (secondary N) is 1. The van der Waals surface area contributed by atoms with Gasteiger partial charge < -0.3 is 9.88 Å². The average Bonchev–Trinajstić information content (AvgIpc) is 3.46. The molecule has 2 fully saturated rings. The average molecular weight is 419 g/mol. The highest BCUT2D eigenvalue weighted by molar-refractivity contribution is 8.00. The minimum atomic E-state index is -0.151. The molecule has 4 rings (SSSR count). The fourth-order valence-corrected chi connectivity index (χ4v) is 6.03. The molecule has 152 valence electrons. The molecule has 2 aliphatic carbocycles. The smallest absolute Gasteiger partial charge is 0.233 e. The van der Waals surface area contributed by atoms with Gasteiger partial charge in [-0.2, -0.15) is 0 Å². The Morgan fingerprint density at radius 3 is 2.68 bits per heavy atom. The van der Waals surface area contributed by atoms with Gasteiger partial charge in [-0.1, -0.05) is 49.9 Å². The maximum atomic E-state index is 12.7. The monoisotopic (exact) mass is 418 g/mol. The topological polar surface area (TPSA) is 59.8 Å². The summed E-state index contributed by atoms with van der Waals surface area (Å²) in [6.45, 7) is 1.99. The zero-order chi connectivity index (χ0) is 19.3. The third kappa shape index (κ3) is 4.79. The largest absolute Gasteiger partial charge is 0.352 e. The fraction of sp³-hybridized carbons (Fsp3) is 0.667. The van der Waals surface area contributed by atoms with Crippen molar-refractivity contribution in [3.05, 3.63) is 28.2 Å². The number of aromatic nitrogens is 3. The number of nitrogens with zero attached hydrogens (tertiary/aromatic N) is 3. The number of hydrogen-bond acceptors (Lipinski definition) is 5. The van der Waals surface area contributed by atoms with Gasteiger partial charge in [0.2, 0.25) is 5.91 Å². The normalized spacial score (nSPS) is 19.8. The van der Waals surface area contributed by atoms with E-state index < -0.39 is 0 Å². The number of thiophene rings is 1. The minimum absolute atomic E-state index is 0.134. The summed E-state index contributed by atoms with van der Waals surface area (Å²) < 4.78 is 2.35. The maximum absolute atomic E-state index is 12.7. The van der Waals surface area contributed by atoms with Crippen molar-refractivity contribution in [2.75, 3.05) is 0 Å². The van der Waals surface area contributed by atoms with Gasteiger partial charge in [-0.3, -0.25) is 4.79 Å². The second kappa shape index (κ2) is 9.44. The zero-order valence-corrected chi connectivity index (χ0v) is 18.2. The van der Waals surface area contributed by atoms with E-state index in [-0.39, 0.29) is 11.2 Å². The second-order valence-corrected chi connectivity index (χ2v) is 10.4. The van der Waals surface area contributed by atoms with Crippen LogP contribution in [0.4, 0.5) is 0 Å². The van der Waals surface area contributed by atoms with Crippen LogP contribution in [0.15, 0.2) is 22.7 Å². The molecule has 2 aromatic heterocycles. The van der Waals surface area contributed by atoms with Gasteiger partial charge in [-0.25, -0.2) is 0 Å². The first-order valence-corrected chi connectivity index (χ1v) is 12.4. The van der Waals surface area contributed by atoms with Crippen molar-refractivity contribution in [2.24, 2.45) is 0 Å². The van der Waals surface area contributed by atoms with E-state index in [0.29, 0.717) is 12.1 Å². The van der Waals surface area contributed by atoms with Crippen molar-refractivity contribution in [1.82, 2.24) is 20.1 Å². The van der Waals surface area contributed by atoms with E-state index in [2.05, 4.69) is 37.6 Å². The molecule has 1 N–H and O–H groups in total. The first-order valence-electron chi connectivity index (χ1n) is 10.6. The molecule has 5 nitrogen and oxygen atoms in total. The van der Waals surface area contributed by atoms with Gasteiger partial charge in [0.05, 0.1) is 5.25 Å². The number of thioether (sulfide) groups is 1. The van der Waals surface area contributed by atoms with Gasteiger partial charge in [0.1, 0.15) is 5.82 Å². The number of amides is 1. The Morgan fingerprint density at radius 1 is 1.21 bits per heavy atom. The lowest BCUT2D eigenvalue weighted by molar-refractivity contribution is -0.120. The number of carbonyl (C=O) groups is 1. The molecule has 2 saturated carbocycles. The van der Waals surface area contributed by atoms with Crippen molar-refractivity contribution in [2.45, 2.75) is 93.6 Å². The summed E-state index contributed by atoms with van der Waals surface area (Å²) in [5, 5.41) is 15.2. The first kappa shape index (κ1) is 20.0. The Morgan fingerprint density at radius 2 is 1.96 bits per heavy atom. The summed E-state index contributed by atoms with van der Waals surface area (Å²) in [6.07, 6.45) is 11.7. The van der Waals surface area contributed by atoms with Gasteiger partial charge in [-0.05, 0) is 44.1 Å². The number of hydrogen-bond donors (Lipinski definition) is 1. The molecule has 7 heteroatoms. The van der Waals surface area contributed by atoms with Crippen LogP contribution >= 0.6 is 23.1 Å². The summed E-state index contributed by atoms with van der Waals surface area (Å²) in [5.41, 5.74) is 0. The van der Waals surface area contributed by atoms with Crippen molar-refractivity contribution >= 4 is 29.0 Å². The predicted molar refractivity (Wildman–Crippen MR) is 115 cm³/mol. The third-order valence-corrected chi connectivity index (χ3v) is 7.87. The van der Waals surface area contributed by atoms with Crippen LogP contribution < -0.4 is 5.32 Å². The highest BCUT2D eigenvalue weighted by Gasteiger charge is 2.27. The first-order chi connectivity index (χ1) is 13.7. The fourth-order valence-electron chi connectivity index (χ4n) is 4.38. The molecule has 28 heavy (non-hydrogen) atoms. The van der Waals surface area contributed by atoms with Crippen LogP contribution in [-0.2, 0) is 11.2 Å². The van der Waals surface area contributed by atoms with E-state index in [0.717, 1.165) is 30.2 Å². The number of carbonyl (C=O) groups excluding carboxylic acids is 1. The molecular formula is C21H30N4OS2. The van der Waals surface area contributed by atoms with E-state index in [1.807, 2.05) is 6.92 Å². The second-order valence-electron chi connectivity index (χ2n) is 8.07. The SMILES string of the molecule is C[C@H](Sc1nnc(Cc2cccs2)n1C1CCCCC1)C(=O)NC1CCCC1. The molecule has 2 aromatic rings. The Labute approximate surface area is 175 Å². The molecule has 1 atom stereocenters.